The Kier molecular flexibility index (Phi) is 9.18. The first-order chi connectivity index (χ1) is 15.9. The topological polar surface area (TPSA) is 126 Å². The molecule has 0 aliphatic carbocycles. The van der Waals surface area contributed by atoms with Crippen molar-refractivity contribution in [3.63, 3.8) is 0 Å². The van der Waals surface area contributed by atoms with Crippen molar-refractivity contribution in [3.8, 4) is 5.75 Å². The molecule has 1 aromatic carbocycles. The Morgan fingerprint density at radius 3 is 1.82 bits per heavy atom. The van der Waals surface area contributed by atoms with Crippen molar-refractivity contribution >= 4 is 14.1 Å². The van der Waals surface area contributed by atoms with Crippen molar-refractivity contribution in [3.05, 3.63) is 29.1 Å². The first-order valence-electron chi connectivity index (χ1n) is 10.6. The predicted molar refractivity (Wildman–Crippen MR) is 108 cm³/mol. The van der Waals surface area contributed by atoms with E-state index >= 15 is 0 Å². The van der Waals surface area contributed by atoms with Crippen LogP contribution in [0, 0.1) is 29.1 Å². The molecule has 1 saturated heterocycles. The second kappa shape index (κ2) is 10.9. The molecule has 0 saturated carbocycles. The smallest absolute Gasteiger partial charge is 0.253 e. The molecular weight excluding hydrogens is 491 g/mol. The van der Waals surface area contributed by atoms with Crippen LogP contribution in [0.4, 0.5) is 22.0 Å². The van der Waals surface area contributed by atoms with Gasteiger partial charge in [-0.3, -0.25) is 4.79 Å². The fraction of sp³-hybridized carbons (Fsp3) is 0.650. The van der Waals surface area contributed by atoms with E-state index in [0.29, 0.717) is 18.1 Å². The summed E-state index contributed by atoms with van der Waals surface area (Å²) < 4.78 is 84.2. The minimum absolute atomic E-state index is 0.395. The van der Waals surface area contributed by atoms with Gasteiger partial charge in [-0.05, 0) is 18.1 Å². The lowest BCUT2D eigenvalue weighted by molar-refractivity contribution is -0.324. The van der Waals surface area contributed by atoms with Gasteiger partial charge in [0.25, 0.3) is 5.79 Å². The van der Waals surface area contributed by atoms with Crippen LogP contribution in [0.3, 0.4) is 0 Å². The molecule has 1 heterocycles. The third kappa shape index (κ3) is 4.85. The van der Waals surface area contributed by atoms with E-state index in [9.17, 15) is 47.2 Å². The zero-order valence-electron chi connectivity index (χ0n) is 18.7. The lowest BCUT2D eigenvalue weighted by Gasteiger charge is -2.50. The molecule has 0 aromatic heterocycles. The normalized spacial score (nSPS) is 27.6. The number of halogens is 5. The van der Waals surface area contributed by atoms with Crippen LogP contribution >= 0.6 is 0 Å². The predicted octanol–water partition coefficient (Wildman–Crippen LogP) is 1.52. The molecule has 1 aliphatic rings. The van der Waals surface area contributed by atoms with Gasteiger partial charge in [0.1, 0.15) is 24.4 Å². The highest BCUT2D eigenvalue weighted by molar-refractivity contribution is 6.73. The van der Waals surface area contributed by atoms with E-state index in [1.807, 2.05) is 0 Å². The van der Waals surface area contributed by atoms with Crippen molar-refractivity contribution in [2.24, 2.45) is 0 Å². The van der Waals surface area contributed by atoms with E-state index in [4.69, 9.17) is 9.16 Å². The SMILES string of the molecule is CC[Si](CC)(CC)O[C@]1(C(=O)COc2c(F)c(F)c(F)c(F)c2F)O[C@H](CO)[C@@H](O)[C@H](O)[C@H]1O. The van der Waals surface area contributed by atoms with Gasteiger partial charge in [0.15, 0.2) is 20.7 Å². The molecule has 1 fully saturated rings. The Morgan fingerprint density at radius 1 is 0.912 bits per heavy atom. The molecule has 0 unspecified atom stereocenters. The summed E-state index contributed by atoms with van der Waals surface area (Å²) in [6.07, 6.45) is -7.74. The van der Waals surface area contributed by atoms with Gasteiger partial charge in [-0.1, -0.05) is 20.8 Å². The van der Waals surface area contributed by atoms with Gasteiger partial charge in [0.05, 0.1) is 6.61 Å². The van der Waals surface area contributed by atoms with E-state index in [1.54, 1.807) is 20.8 Å². The quantitative estimate of drug-likeness (QED) is 0.159. The van der Waals surface area contributed by atoms with E-state index in [-0.39, 0.29) is 0 Å². The molecule has 194 valence electrons. The van der Waals surface area contributed by atoms with Crippen LogP contribution in [-0.4, -0.2) is 77.9 Å². The highest BCUT2D eigenvalue weighted by Gasteiger charge is 2.61. The van der Waals surface area contributed by atoms with E-state index in [2.05, 4.69) is 4.74 Å². The molecule has 5 atom stereocenters. The number of Topliss-reactive ketones (excluding diaryl/α,β-unsaturated/α-hetero) is 1. The van der Waals surface area contributed by atoms with Crippen LogP contribution in [0.5, 0.6) is 5.75 Å². The first kappa shape index (κ1) is 28.6. The first-order valence-corrected chi connectivity index (χ1v) is 13.1. The van der Waals surface area contributed by atoms with Crippen LogP contribution in [0.2, 0.25) is 18.1 Å². The van der Waals surface area contributed by atoms with Gasteiger partial charge in [-0.25, -0.2) is 13.2 Å². The summed E-state index contributed by atoms with van der Waals surface area (Å²) in [5, 5.41) is 40.6. The van der Waals surface area contributed by atoms with Crippen molar-refractivity contribution in [1.82, 2.24) is 0 Å². The fourth-order valence-electron chi connectivity index (χ4n) is 3.75. The molecule has 8 nitrogen and oxygen atoms in total. The third-order valence-electron chi connectivity index (χ3n) is 6.16. The largest absolute Gasteiger partial charge is 0.479 e. The van der Waals surface area contributed by atoms with Gasteiger partial charge >= 0.3 is 0 Å². The van der Waals surface area contributed by atoms with Crippen molar-refractivity contribution in [2.75, 3.05) is 13.2 Å². The molecule has 0 amide bonds. The second-order valence-electron chi connectivity index (χ2n) is 7.89. The van der Waals surface area contributed by atoms with Gasteiger partial charge in [-0.15, -0.1) is 0 Å². The molecule has 34 heavy (non-hydrogen) atoms. The summed E-state index contributed by atoms with van der Waals surface area (Å²) in [4.78, 5) is 13.2. The Labute approximate surface area is 193 Å². The Morgan fingerprint density at radius 2 is 1.38 bits per heavy atom. The van der Waals surface area contributed by atoms with Crippen LogP contribution in [0.25, 0.3) is 0 Å². The average Bonchev–Trinajstić information content (AvgIpc) is 2.84. The number of hydrogen-bond acceptors (Lipinski definition) is 8. The Hall–Kier alpha value is -1.68. The van der Waals surface area contributed by atoms with E-state index in [1.165, 1.54) is 0 Å². The van der Waals surface area contributed by atoms with Crippen LogP contribution in [-0.2, 0) is 14.0 Å². The zero-order chi connectivity index (χ0) is 26.0. The van der Waals surface area contributed by atoms with Crippen LogP contribution in [0.1, 0.15) is 20.8 Å². The van der Waals surface area contributed by atoms with Crippen molar-refractivity contribution in [2.45, 2.75) is 69.1 Å². The van der Waals surface area contributed by atoms with Gasteiger partial charge in [0, 0.05) is 0 Å². The Bertz CT molecular complexity index is 863. The molecule has 1 aliphatic heterocycles. The van der Waals surface area contributed by atoms with Crippen LogP contribution < -0.4 is 4.74 Å². The molecule has 4 N–H and O–H groups in total. The number of ether oxygens (including phenoxy) is 2. The lowest BCUT2D eigenvalue weighted by atomic mass is 9.90. The number of carbonyl (C=O) groups excluding carboxylic acids is 1. The van der Waals surface area contributed by atoms with Crippen LogP contribution in [0.15, 0.2) is 0 Å². The summed E-state index contributed by atoms with van der Waals surface area (Å²) in [6.45, 7) is 2.91. The standard InChI is InChI=1S/C20H27F5O8Si/c1-4-34(5-2,6-3)33-20(19(30)17(29)16(28)9(7-26)32-20)10(27)8-31-18-14(24)12(22)11(21)13(23)15(18)25/h9,16-17,19,26,28-30H,4-8H2,1-3H3/t9-,16-,17+,19-,20+/m1/s1. The van der Waals surface area contributed by atoms with Gasteiger partial charge in [0.2, 0.25) is 34.9 Å². The molecule has 14 heteroatoms. The molecule has 0 radical (unpaired) electrons. The maximum Gasteiger partial charge on any atom is 0.253 e. The number of aliphatic hydroxyl groups is 4. The third-order valence-corrected chi connectivity index (χ3v) is 10.8. The molecule has 1 aromatic rings. The van der Waals surface area contributed by atoms with Gasteiger partial charge < -0.3 is 34.3 Å². The van der Waals surface area contributed by atoms with Crippen molar-refractivity contribution in [1.29, 1.82) is 0 Å². The molecule has 0 bridgehead atoms. The monoisotopic (exact) mass is 518 g/mol. The number of benzene rings is 1. The zero-order valence-corrected chi connectivity index (χ0v) is 19.7. The maximum absolute atomic E-state index is 14.0. The number of aliphatic hydroxyl groups excluding tert-OH is 4. The minimum atomic E-state index is -2.88. The lowest BCUT2D eigenvalue weighted by Crippen LogP contribution is -2.72. The number of carbonyl (C=O) groups is 1. The highest BCUT2D eigenvalue weighted by Crippen LogP contribution is 2.38. The Balaban J connectivity index is 2.51. The summed E-state index contributed by atoms with van der Waals surface area (Å²) in [5.74, 6) is -17.5. The minimum Gasteiger partial charge on any atom is -0.479 e. The van der Waals surface area contributed by atoms with E-state index in [0.717, 1.165) is 0 Å². The van der Waals surface area contributed by atoms with E-state index < -0.39 is 92.4 Å². The number of ketones is 1. The number of rotatable bonds is 10. The summed E-state index contributed by atoms with van der Waals surface area (Å²) in [6, 6.07) is 1.18. The summed E-state index contributed by atoms with van der Waals surface area (Å²) >= 11 is 0. The van der Waals surface area contributed by atoms with Gasteiger partial charge in [-0.2, -0.15) is 8.78 Å². The molecule has 2 rings (SSSR count). The molecular formula is C20H27F5O8Si. The average molecular weight is 519 g/mol. The molecule has 0 spiro atoms. The van der Waals surface area contributed by atoms with Crippen molar-refractivity contribution < 1.29 is 61.1 Å². The summed E-state index contributed by atoms with van der Waals surface area (Å²) in [7, 11) is -2.88. The number of hydrogen-bond donors (Lipinski definition) is 4. The fourth-order valence-corrected chi connectivity index (χ4v) is 6.61. The maximum atomic E-state index is 14.0. The highest BCUT2D eigenvalue weighted by atomic mass is 28.4. The second-order valence-corrected chi connectivity index (χ2v) is 12.6. The summed E-state index contributed by atoms with van der Waals surface area (Å²) in [5.41, 5.74) is 0.